The molecule has 1 amide bonds. The summed E-state index contributed by atoms with van der Waals surface area (Å²) in [4.78, 5) is 11.9. The number of amides is 1. The third kappa shape index (κ3) is 4.95. The zero-order valence-corrected chi connectivity index (χ0v) is 14.7. The number of hydrogen-bond acceptors (Lipinski definition) is 2. The van der Waals surface area contributed by atoms with Crippen LogP contribution in [0.15, 0.2) is 57.5 Å². The molecule has 2 rings (SSSR count). The number of hydrogen-bond donors (Lipinski definition) is 2. The van der Waals surface area contributed by atoms with Crippen LogP contribution >= 0.6 is 31.9 Å². The van der Waals surface area contributed by atoms with Gasteiger partial charge in [0.15, 0.2) is 0 Å². The molecule has 0 saturated carbocycles. The van der Waals surface area contributed by atoms with Gasteiger partial charge in [-0.1, -0.05) is 56.1 Å². The smallest absolute Gasteiger partial charge is 0.238 e. The molecule has 0 aromatic heterocycles. The molecule has 0 aliphatic heterocycles. The van der Waals surface area contributed by atoms with Crippen LogP contribution < -0.4 is 10.6 Å². The van der Waals surface area contributed by atoms with Crippen molar-refractivity contribution in [3.8, 4) is 0 Å². The van der Waals surface area contributed by atoms with Crippen molar-refractivity contribution in [2.24, 2.45) is 0 Å². The first kappa shape index (κ1) is 16.2. The third-order valence-corrected chi connectivity index (χ3v) is 4.26. The number of carbonyl (C=O) groups is 1. The summed E-state index contributed by atoms with van der Waals surface area (Å²) in [5.41, 5.74) is 1.91. The fourth-order valence-electron chi connectivity index (χ4n) is 1.95. The summed E-state index contributed by atoms with van der Waals surface area (Å²) < 4.78 is 1.98. The number of anilines is 1. The van der Waals surface area contributed by atoms with Crippen molar-refractivity contribution in [3.63, 3.8) is 0 Å². The first-order valence-electron chi connectivity index (χ1n) is 6.59. The lowest BCUT2D eigenvalue weighted by Crippen LogP contribution is -2.30. The predicted molar refractivity (Wildman–Crippen MR) is 93.3 cm³/mol. The molecule has 1 atom stereocenters. The molecule has 110 valence electrons. The average molecular weight is 412 g/mol. The van der Waals surface area contributed by atoms with Crippen molar-refractivity contribution >= 4 is 43.5 Å². The molecule has 0 aliphatic rings. The van der Waals surface area contributed by atoms with E-state index < -0.39 is 0 Å². The lowest BCUT2D eigenvalue weighted by molar-refractivity contribution is -0.115. The van der Waals surface area contributed by atoms with Crippen molar-refractivity contribution in [1.82, 2.24) is 5.32 Å². The summed E-state index contributed by atoms with van der Waals surface area (Å²) in [6, 6.07) is 15.6. The molecule has 0 bridgehead atoms. The molecule has 2 aromatic carbocycles. The topological polar surface area (TPSA) is 41.1 Å². The minimum atomic E-state index is -0.0630. The second-order valence-electron chi connectivity index (χ2n) is 4.68. The van der Waals surface area contributed by atoms with Crippen LogP contribution in [0.1, 0.15) is 18.5 Å². The monoisotopic (exact) mass is 410 g/mol. The van der Waals surface area contributed by atoms with E-state index in [1.54, 1.807) is 0 Å². The van der Waals surface area contributed by atoms with Gasteiger partial charge in [-0.3, -0.25) is 4.79 Å². The average Bonchev–Trinajstić information content (AvgIpc) is 2.45. The van der Waals surface area contributed by atoms with Crippen molar-refractivity contribution in [1.29, 1.82) is 0 Å². The Hall–Kier alpha value is -1.17. The Bertz CT molecular complexity index is 631. The molecule has 2 N–H and O–H groups in total. The fraction of sp³-hybridized carbons (Fsp3) is 0.188. The van der Waals surface area contributed by atoms with Gasteiger partial charge in [-0.25, -0.2) is 0 Å². The molecule has 0 aliphatic carbocycles. The third-order valence-electron chi connectivity index (χ3n) is 3.05. The van der Waals surface area contributed by atoms with E-state index in [-0.39, 0.29) is 18.5 Å². The van der Waals surface area contributed by atoms with Gasteiger partial charge in [-0.15, -0.1) is 0 Å². The van der Waals surface area contributed by atoms with Crippen LogP contribution in [0.4, 0.5) is 5.69 Å². The predicted octanol–water partition coefficient (Wildman–Crippen LogP) is 4.50. The molecule has 0 fully saturated rings. The van der Waals surface area contributed by atoms with Crippen LogP contribution in [0, 0.1) is 0 Å². The second kappa shape index (κ2) is 7.73. The summed E-state index contributed by atoms with van der Waals surface area (Å²) in [6.07, 6.45) is 0. The Labute approximate surface area is 141 Å². The minimum Gasteiger partial charge on any atom is -0.325 e. The molecule has 0 heterocycles. The van der Waals surface area contributed by atoms with Crippen LogP contribution in [0.5, 0.6) is 0 Å². The number of rotatable bonds is 5. The van der Waals surface area contributed by atoms with Crippen LogP contribution in [-0.2, 0) is 4.79 Å². The van der Waals surface area contributed by atoms with Crippen LogP contribution in [0.3, 0.4) is 0 Å². The second-order valence-corrected chi connectivity index (χ2v) is 6.45. The molecule has 0 radical (unpaired) electrons. The van der Waals surface area contributed by atoms with Crippen LogP contribution in [0.25, 0.3) is 0 Å². The van der Waals surface area contributed by atoms with E-state index >= 15 is 0 Å². The summed E-state index contributed by atoms with van der Waals surface area (Å²) in [7, 11) is 0. The summed E-state index contributed by atoms with van der Waals surface area (Å²) in [6.45, 7) is 2.29. The number of benzene rings is 2. The van der Waals surface area contributed by atoms with Crippen molar-refractivity contribution in [3.05, 3.63) is 63.0 Å². The summed E-state index contributed by atoms with van der Waals surface area (Å²) in [5, 5.41) is 6.08. The highest BCUT2D eigenvalue weighted by atomic mass is 79.9. The van der Waals surface area contributed by atoms with Gasteiger partial charge in [0, 0.05) is 20.7 Å². The molecule has 2 aromatic rings. The minimum absolute atomic E-state index is 0.0630. The van der Waals surface area contributed by atoms with Crippen molar-refractivity contribution in [2.75, 3.05) is 11.9 Å². The Morgan fingerprint density at radius 1 is 1.14 bits per heavy atom. The fourth-order valence-corrected chi connectivity index (χ4v) is 2.98. The maximum Gasteiger partial charge on any atom is 0.238 e. The van der Waals surface area contributed by atoms with E-state index in [1.807, 2.05) is 55.5 Å². The number of carbonyl (C=O) groups excluding carboxylic acids is 1. The van der Waals surface area contributed by atoms with Gasteiger partial charge >= 0.3 is 0 Å². The van der Waals surface area contributed by atoms with Gasteiger partial charge in [0.1, 0.15) is 0 Å². The van der Waals surface area contributed by atoms with Gasteiger partial charge in [0.2, 0.25) is 5.91 Å². The van der Waals surface area contributed by atoms with E-state index in [1.165, 1.54) is 0 Å². The normalized spacial score (nSPS) is 12.0. The molecule has 0 saturated heterocycles. The highest BCUT2D eigenvalue weighted by Gasteiger charge is 2.10. The Balaban J connectivity index is 1.88. The first-order chi connectivity index (χ1) is 10.1. The maximum absolute atomic E-state index is 11.9. The lowest BCUT2D eigenvalue weighted by atomic mass is 10.1. The lowest BCUT2D eigenvalue weighted by Gasteiger charge is -2.15. The van der Waals surface area contributed by atoms with Crippen LogP contribution in [0.2, 0.25) is 0 Å². The van der Waals surface area contributed by atoms with E-state index in [0.29, 0.717) is 0 Å². The molecule has 21 heavy (non-hydrogen) atoms. The largest absolute Gasteiger partial charge is 0.325 e. The quantitative estimate of drug-likeness (QED) is 0.760. The van der Waals surface area contributed by atoms with Gasteiger partial charge in [0.05, 0.1) is 6.54 Å². The Morgan fingerprint density at radius 2 is 1.90 bits per heavy atom. The van der Waals surface area contributed by atoms with Gasteiger partial charge in [-0.2, -0.15) is 0 Å². The molecular weight excluding hydrogens is 396 g/mol. The van der Waals surface area contributed by atoms with Crippen molar-refractivity contribution in [2.45, 2.75) is 13.0 Å². The summed E-state index contributed by atoms with van der Waals surface area (Å²) >= 11 is 6.90. The Morgan fingerprint density at radius 3 is 2.62 bits per heavy atom. The zero-order chi connectivity index (χ0) is 15.2. The van der Waals surface area contributed by atoms with E-state index in [9.17, 15) is 4.79 Å². The SMILES string of the molecule is C[C@@H](NCC(=O)Nc1cccc(Br)c1)c1ccccc1Br. The van der Waals surface area contributed by atoms with Crippen LogP contribution in [-0.4, -0.2) is 12.5 Å². The standard InChI is InChI=1S/C16H16Br2N2O/c1-11(14-7-2-3-8-15(14)18)19-10-16(21)20-13-6-4-5-12(17)9-13/h2-9,11,19H,10H2,1H3,(H,20,21)/t11-/m1/s1. The van der Waals surface area contributed by atoms with E-state index in [2.05, 4.69) is 42.5 Å². The number of halogens is 2. The van der Waals surface area contributed by atoms with E-state index in [0.717, 1.165) is 20.2 Å². The Kier molecular flexibility index (Phi) is 5.96. The van der Waals surface area contributed by atoms with Gasteiger partial charge in [0.25, 0.3) is 0 Å². The van der Waals surface area contributed by atoms with E-state index in [4.69, 9.17) is 0 Å². The van der Waals surface area contributed by atoms with Gasteiger partial charge < -0.3 is 10.6 Å². The van der Waals surface area contributed by atoms with Crippen molar-refractivity contribution < 1.29 is 4.79 Å². The maximum atomic E-state index is 11.9. The molecular formula is C16H16Br2N2O. The molecule has 5 heteroatoms. The zero-order valence-electron chi connectivity index (χ0n) is 11.6. The first-order valence-corrected chi connectivity index (χ1v) is 8.18. The summed E-state index contributed by atoms with van der Waals surface area (Å²) in [5.74, 6) is -0.0630. The highest BCUT2D eigenvalue weighted by molar-refractivity contribution is 9.10. The molecule has 0 unspecified atom stereocenters. The molecule has 0 spiro atoms. The highest BCUT2D eigenvalue weighted by Crippen LogP contribution is 2.22. The molecule has 3 nitrogen and oxygen atoms in total. The van der Waals surface area contributed by atoms with Gasteiger partial charge in [-0.05, 0) is 36.8 Å². The number of nitrogens with one attached hydrogen (secondary N) is 2.